The lowest BCUT2D eigenvalue weighted by Crippen LogP contribution is -2.19. The number of nitrogens with one attached hydrogen (secondary N) is 1. The zero-order valence-electron chi connectivity index (χ0n) is 12.3. The van der Waals surface area contributed by atoms with Crippen LogP contribution in [0.3, 0.4) is 0 Å². The third-order valence-electron chi connectivity index (χ3n) is 2.80. The molecular formula is C15H19N2O3S. The van der Waals surface area contributed by atoms with E-state index in [0.29, 0.717) is 29.0 Å². The van der Waals surface area contributed by atoms with E-state index in [9.17, 15) is 8.42 Å². The number of aliphatic imine (C=N–C) groups is 1. The Bertz CT molecular complexity index is 659. The van der Waals surface area contributed by atoms with Gasteiger partial charge in [-0.05, 0) is 23.6 Å². The second kappa shape index (κ2) is 6.30. The smallest absolute Gasteiger partial charge is 0.229 e. The highest BCUT2D eigenvalue weighted by Gasteiger charge is 2.13. The summed E-state index contributed by atoms with van der Waals surface area (Å²) in [5.41, 5.74) is 1.53. The van der Waals surface area contributed by atoms with Crippen molar-refractivity contribution in [2.45, 2.75) is 18.7 Å². The Kier molecular flexibility index (Phi) is 4.67. The Morgan fingerprint density at radius 3 is 2.48 bits per heavy atom. The fourth-order valence-corrected chi connectivity index (χ4v) is 2.35. The molecule has 0 unspecified atom stereocenters. The van der Waals surface area contributed by atoms with Gasteiger partial charge in [0.1, 0.15) is 0 Å². The molecule has 0 saturated heterocycles. The van der Waals surface area contributed by atoms with E-state index in [4.69, 9.17) is 4.74 Å². The Hall–Kier alpha value is -1.82. The van der Waals surface area contributed by atoms with E-state index in [2.05, 4.69) is 24.2 Å². The van der Waals surface area contributed by atoms with Crippen LogP contribution in [0.15, 0.2) is 46.2 Å². The van der Waals surface area contributed by atoms with Gasteiger partial charge in [-0.2, -0.15) is 0 Å². The van der Waals surface area contributed by atoms with E-state index in [1.807, 2.05) is 0 Å². The highest BCUT2D eigenvalue weighted by atomic mass is 32.2. The van der Waals surface area contributed by atoms with Crippen LogP contribution in [0.4, 0.5) is 0 Å². The van der Waals surface area contributed by atoms with Crippen LogP contribution < -0.4 is 5.32 Å². The molecule has 0 amide bonds. The molecule has 0 aliphatic carbocycles. The van der Waals surface area contributed by atoms with Crippen LogP contribution in [0.25, 0.3) is 0 Å². The Morgan fingerprint density at radius 1 is 1.24 bits per heavy atom. The number of rotatable bonds is 5. The van der Waals surface area contributed by atoms with Crippen molar-refractivity contribution >= 4 is 15.5 Å². The van der Waals surface area contributed by atoms with Gasteiger partial charge in [0, 0.05) is 6.26 Å². The molecule has 1 aromatic rings. The van der Waals surface area contributed by atoms with Crippen LogP contribution >= 0.6 is 0 Å². The minimum absolute atomic E-state index is 0.294. The maximum atomic E-state index is 11.4. The minimum Gasteiger partial charge on any atom is -0.476 e. The van der Waals surface area contributed by atoms with Crippen molar-refractivity contribution in [2.24, 2.45) is 10.9 Å². The number of benzene rings is 1. The first-order valence-electron chi connectivity index (χ1n) is 6.67. The number of nitrogens with zero attached hydrogens (tertiary/aromatic N) is 1. The number of ether oxygens (including phenoxy) is 1. The van der Waals surface area contributed by atoms with E-state index in [-0.39, 0.29) is 0 Å². The second-order valence-electron chi connectivity index (χ2n) is 5.29. The van der Waals surface area contributed by atoms with Gasteiger partial charge in [0.2, 0.25) is 5.88 Å². The van der Waals surface area contributed by atoms with Crippen molar-refractivity contribution < 1.29 is 13.2 Å². The number of hydrogen-bond donors (Lipinski definition) is 1. The SMILES string of the molecule is CC(C)COC1=CN[CH]C(c2ccc(S(C)(=O)=O)cc2)=N1. The van der Waals surface area contributed by atoms with E-state index < -0.39 is 9.84 Å². The predicted molar refractivity (Wildman–Crippen MR) is 82.4 cm³/mol. The fourth-order valence-electron chi connectivity index (χ4n) is 1.72. The van der Waals surface area contributed by atoms with E-state index in [1.165, 1.54) is 6.26 Å². The molecule has 1 heterocycles. The fraction of sp³-hybridized carbons (Fsp3) is 0.333. The summed E-state index contributed by atoms with van der Waals surface area (Å²) in [6.07, 6.45) is 2.88. The van der Waals surface area contributed by atoms with E-state index >= 15 is 0 Å². The molecule has 0 bridgehead atoms. The van der Waals surface area contributed by atoms with Gasteiger partial charge in [-0.25, -0.2) is 13.4 Å². The van der Waals surface area contributed by atoms with Gasteiger partial charge < -0.3 is 10.1 Å². The molecule has 2 rings (SSSR count). The molecule has 1 radical (unpaired) electrons. The third-order valence-corrected chi connectivity index (χ3v) is 3.93. The van der Waals surface area contributed by atoms with Crippen molar-refractivity contribution in [2.75, 3.05) is 12.9 Å². The molecule has 113 valence electrons. The van der Waals surface area contributed by atoms with Crippen LogP contribution in [0, 0.1) is 12.5 Å². The summed E-state index contributed by atoms with van der Waals surface area (Å²) in [6, 6.07) is 6.62. The molecule has 0 atom stereocenters. The van der Waals surface area contributed by atoms with Crippen molar-refractivity contribution in [1.29, 1.82) is 0 Å². The van der Waals surface area contributed by atoms with Crippen molar-refractivity contribution in [1.82, 2.24) is 5.32 Å². The normalized spacial score (nSPS) is 15.2. The summed E-state index contributed by atoms with van der Waals surface area (Å²) < 4.78 is 28.5. The summed E-state index contributed by atoms with van der Waals surface area (Å²) in [5.74, 6) is 0.942. The summed E-state index contributed by atoms with van der Waals surface area (Å²) >= 11 is 0. The maximum Gasteiger partial charge on any atom is 0.229 e. The molecule has 0 aromatic heterocycles. The topological polar surface area (TPSA) is 67.8 Å². The molecule has 21 heavy (non-hydrogen) atoms. The van der Waals surface area contributed by atoms with Gasteiger partial charge in [-0.1, -0.05) is 26.0 Å². The zero-order valence-corrected chi connectivity index (χ0v) is 13.1. The Balaban J connectivity index is 2.16. The molecule has 1 aliphatic rings. The van der Waals surface area contributed by atoms with Gasteiger partial charge in [-0.15, -0.1) is 0 Å². The highest BCUT2D eigenvalue weighted by molar-refractivity contribution is 7.90. The first-order chi connectivity index (χ1) is 9.86. The van der Waals surface area contributed by atoms with Gasteiger partial charge in [-0.3, -0.25) is 0 Å². The quantitative estimate of drug-likeness (QED) is 0.904. The minimum atomic E-state index is -3.18. The van der Waals surface area contributed by atoms with Gasteiger partial charge in [0.05, 0.1) is 30.0 Å². The first kappa shape index (κ1) is 15.6. The van der Waals surface area contributed by atoms with Crippen LogP contribution in [-0.2, 0) is 14.6 Å². The molecular weight excluding hydrogens is 288 g/mol. The number of sulfone groups is 1. The van der Waals surface area contributed by atoms with Gasteiger partial charge in [0.15, 0.2) is 9.84 Å². The molecule has 1 aliphatic heterocycles. The summed E-state index contributed by atoms with van der Waals surface area (Å²) in [4.78, 5) is 4.70. The predicted octanol–water partition coefficient (Wildman–Crippen LogP) is 2.12. The standard InChI is InChI=1S/C15H19N2O3S/c1-11(2)10-20-15-9-16-8-14(17-15)12-4-6-13(7-5-12)21(3,18)19/h4-9,11,16H,10H2,1-3H3. The summed E-state index contributed by atoms with van der Waals surface area (Å²) in [6.45, 7) is 6.48. The molecule has 5 nitrogen and oxygen atoms in total. The molecule has 1 N–H and O–H groups in total. The Labute approximate surface area is 125 Å². The second-order valence-corrected chi connectivity index (χ2v) is 7.31. The lowest BCUT2D eigenvalue weighted by molar-refractivity contribution is 0.176. The van der Waals surface area contributed by atoms with Crippen molar-refractivity contribution in [3.8, 4) is 0 Å². The lowest BCUT2D eigenvalue weighted by Gasteiger charge is -2.16. The molecule has 6 heteroatoms. The average Bonchev–Trinajstić information content (AvgIpc) is 2.45. The summed E-state index contributed by atoms with van der Waals surface area (Å²) in [5, 5.41) is 2.99. The molecule has 0 spiro atoms. The third kappa shape index (κ3) is 4.32. The van der Waals surface area contributed by atoms with Crippen LogP contribution in [0.5, 0.6) is 0 Å². The summed E-state index contributed by atoms with van der Waals surface area (Å²) in [7, 11) is -3.18. The van der Waals surface area contributed by atoms with Gasteiger partial charge >= 0.3 is 0 Å². The van der Waals surface area contributed by atoms with Crippen LogP contribution in [0.1, 0.15) is 19.4 Å². The zero-order chi connectivity index (χ0) is 15.5. The van der Waals surface area contributed by atoms with E-state index in [0.717, 1.165) is 5.56 Å². The van der Waals surface area contributed by atoms with Gasteiger partial charge in [0.25, 0.3) is 0 Å². The highest BCUT2D eigenvalue weighted by Crippen LogP contribution is 2.15. The largest absolute Gasteiger partial charge is 0.476 e. The number of hydrogen-bond acceptors (Lipinski definition) is 5. The van der Waals surface area contributed by atoms with Crippen molar-refractivity contribution in [3.05, 3.63) is 48.5 Å². The first-order valence-corrected chi connectivity index (χ1v) is 8.57. The van der Waals surface area contributed by atoms with Crippen molar-refractivity contribution in [3.63, 3.8) is 0 Å². The Morgan fingerprint density at radius 2 is 1.90 bits per heavy atom. The average molecular weight is 307 g/mol. The van der Waals surface area contributed by atoms with Crippen LogP contribution in [-0.4, -0.2) is 27.0 Å². The van der Waals surface area contributed by atoms with Crippen LogP contribution in [0.2, 0.25) is 0 Å². The maximum absolute atomic E-state index is 11.4. The van der Waals surface area contributed by atoms with E-state index in [1.54, 1.807) is 37.0 Å². The lowest BCUT2D eigenvalue weighted by atomic mass is 10.1. The molecule has 1 aromatic carbocycles. The molecule has 0 saturated carbocycles. The monoisotopic (exact) mass is 307 g/mol. The molecule has 0 fully saturated rings.